The summed E-state index contributed by atoms with van der Waals surface area (Å²) in [6.07, 6.45) is 4.73. The second-order valence-electron chi connectivity index (χ2n) is 4.76. The number of sulfonamides is 1. The van der Waals surface area contributed by atoms with Crippen LogP contribution in [0.5, 0.6) is 0 Å². The van der Waals surface area contributed by atoms with Crippen LogP contribution in [-0.2, 0) is 16.6 Å². The van der Waals surface area contributed by atoms with Gasteiger partial charge in [-0.05, 0) is 37.3 Å². The Labute approximate surface area is 107 Å². The number of aliphatic hydroxyl groups is 1. The van der Waals surface area contributed by atoms with Gasteiger partial charge in [0.2, 0.25) is 0 Å². The van der Waals surface area contributed by atoms with E-state index in [0.29, 0.717) is 11.5 Å². The standard InChI is InChI=1S/C12H18N2O3S/c1-9(11-3-2-4-11)14-18(16,17)12-6-5-10(8-15)7-13-12/h5-7,9,11,14-15H,2-4,8H2,1H3. The molecule has 0 spiro atoms. The van der Waals surface area contributed by atoms with Gasteiger partial charge in [0.1, 0.15) is 0 Å². The van der Waals surface area contributed by atoms with Crippen molar-refractivity contribution in [3.8, 4) is 0 Å². The molecule has 1 aromatic rings. The monoisotopic (exact) mass is 270 g/mol. The Morgan fingerprint density at radius 1 is 1.50 bits per heavy atom. The van der Waals surface area contributed by atoms with E-state index in [0.717, 1.165) is 12.8 Å². The average molecular weight is 270 g/mol. The third-order valence-corrected chi connectivity index (χ3v) is 4.93. The summed E-state index contributed by atoms with van der Waals surface area (Å²) >= 11 is 0. The van der Waals surface area contributed by atoms with Crippen molar-refractivity contribution in [2.45, 2.75) is 43.9 Å². The zero-order chi connectivity index (χ0) is 13.2. The highest BCUT2D eigenvalue weighted by molar-refractivity contribution is 7.89. The maximum atomic E-state index is 12.1. The van der Waals surface area contributed by atoms with Crippen LogP contribution in [0, 0.1) is 5.92 Å². The molecule has 100 valence electrons. The molecular weight excluding hydrogens is 252 g/mol. The minimum atomic E-state index is -3.55. The number of rotatable bonds is 5. The van der Waals surface area contributed by atoms with Crippen LogP contribution in [0.25, 0.3) is 0 Å². The largest absolute Gasteiger partial charge is 0.392 e. The van der Waals surface area contributed by atoms with E-state index in [-0.39, 0.29) is 17.7 Å². The van der Waals surface area contributed by atoms with Gasteiger partial charge in [-0.1, -0.05) is 12.5 Å². The summed E-state index contributed by atoms with van der Waals surface area (Å²) in [5, 5.41) is 8.89. The van der Waals surface area contributed by atoms with E-state index < -0.39 is 10.0 Å². The van der Waals surface area contributed by atoms with Crippen molar-refractivity contribution in [2.24, 2.45) is 5.92 Å². The quantitative estimate of drug-likeness (QED) is 0.838. The highest BCUT2D eigenvalue weighted by Gasteiger charge is 2.28. The zero-order valence-electron chi connectivity index (χ0n) is 10.3. The van der Waals surface area contributed by atoms with Gasteiger partial charge in [-0.2, -0.15) is 0 Å². The maximum absolute atomic E-state index is 12.1. The van der Waals surface area contributed by atoms with Crippen LogP contribution in [-0.4, -0.2) is 24.6 Å². The Hall–Kier alpha value is -0.980. The number of nitrogens with one attached hydrogen (secondary N) is 1. The molecule has 18 heavy (non-hydrogen) atoms. The topological polar surface area (TPSA) is 79.3 Å². The summed E-state index contributed by atoms with van der Waals surface area (Å²) in [6, 6.07) is 2.93. The van der Waals surface area contributed by atoms with Gasteiger partial charge in [0, 0.05) is 12.2 Å². The van der Waals surface area contributed by atoms with Crippen LogP contribution in [0.3, 0.4) is 0 Å². The average Bonchev–Trinajstić information content (AvgIpc) is 2.26. The summed E-state index contributed by atoms with van der Waals surface area (Å²) in [5.74, 6) is 0.441. The molecule has 1 heterocycles. The third-order valence-electron chi connectivity index (χ3n) is 3.45. The summed E-state index contributed by atoms with van der Waals surface area (Å²) in [4.78, 5) is 3.87. The van der Waals surface area contributed by atoms with E-state index >= 15 is 0 Å². The molecule has 0 saturated heterocycles. The molecular formula is C12H18N2O3S. The Morgan fingerprint density at radius 3 is 2.67 bits per heavy atom. The molecule has 0 aromatic carbocycles. The molecule has 2 N–H and O–H groups in total. The Balaban J connectivity index is 2.08. The summed E-state index contributed by atoms with van der Waals surface area (Å²) in [7, 11) is -3.55. The van der Waals surface area contributed by atoms with Crippen LogP contribution in [0.15, 0.2) is 23.4 Å². The lowest BCUT2D eigenvalue weighted by Gasteiger charge is -2.31. The predicted molar refractivity (Wildman–Crippen MR) is 67.3 cm³/mol. The second-order valence-corrected chi connectivity index (χ2v) is 6.42. The highest BCUT2D eigenvalue weighted by atomic mass is 32.2. The third kappa shape index (κ3) is 2.88. The number of hydrogen-bond donors (Lipinski definition) is 2. The minimum absolute atomic E-state index is 0.00544. The van der Waals surface area contributed by atoms with Crippen molar-refractivity contribution >= 4 is 10.0 Å². The van der Waals surface area contributed by atoms with Gasteiger partial charge in [0.25, 0.3) is 10.0 Å². The van der Waals surface area contributed by atoms with Crippen LogP contribution < -0.4 is 4.72 Å². The Kier molecular flexibility index (Phi) is 3.99. The Morgan fingerprint density at radius 2 is 2.22 bits per heavy atom. The molecule has 0 amide bonds. The summed E-state index contributed by atoms with van der Waals surface area (Å²) in [6.45, 7) is 1.75. The lowest BCUT2D eigenvalue weighted by molar-refractivity contribution is 0.260. The first-order valence-electron chi connectivity index (χ1n) is 6.11. The summed E-state index contributed by atoms with van der Waals surface area (Å²) in [5.41, 5.74) is 0.598. The van der Waals surface area contributed by atoms with Crippen LogP contribution in [0.2, 0.25) is 0 Å². The molecule has 1 aliphatic carbocycles. The van der Waals surface area contributed by atoms with Gasteiger partial charge in [-0.3, -0.25) is 0 Å². The van der Waals surface area contributed by atoms with Crippen molar-refractivity contribution in [3.05, 3.63) is 23.9 Å². The van der Waals surface area contributed by atoms with Crippen LogP contribution >= 0.6 is 0 Å². The van der Waals surface area contributed by atoms with Crippen molar-refractivity contribution in [1.82, 2.24) is 9.71 Å². The number of pyridine rings is 1. The number of hydrogen-bond acceptors (Lipinski definition) is 4. The molecule has 1 atom stereocenters. The molecule has 0 bridgehead atoms. The van der Waals surface area contributed by atoms with E-state index in [1.54, 1.807) is 6.07 Å². The van der Waals surface area contributed by atoms with E-state index in [4.69, 9.17) is 5.11 Å². The van der Waals surface area contributed by atoms with Gasteiger partial charge in [0.15, 0.2) is 5.03 Å². The molecule has 1 fully saturated rings. The van der Waals surface area contributed by atoms with Gasteiger partial charge in [-0.15, -0.1) is 0 Å². The van der Waals surface area contributed by atoms with Gasteiger partial charge >= 0.3 is 0 Å². The van der Waals surface area contributed by atoms with E-state index in [2.05, 4.69) is 9.71 Å². The fourth-order valence-corrected chi connectivity index (χ4v) is 3.25. The normalized spacial score (nSPS) is 18.3. The lowest BCUT2D eigenvalue weighted by atomic mass is 9.81. The van der Waals surface area contributed by atoms with Crippen LogP contribution in [0.4, 0.5) is 0 Å². The predicted octanol–water partition coefficient (Wildman–Crippen LogP) is 1.04. The van der Waals surface area contributed by atoms with E-state index in [9.17, 15) is 8.42 Å². The molecule has 0 aliphatic heterocycles. The first-order chi connectivity index (χ1) is 8.53. The van der Waals surface area contributed by atoms with Gasteiger partial charge in [-0.25, -0.2) is 18.1 Å². The van der Waals surface area contributed by atoms with Crippen LogP contribution in [0.1, 0.15) is 31.7 Å². The first-order valence-corrected chi connectivity index (χ1v) is 7.59. The molecule has 5 nitrogen and oxygen atoms in total. The molecule has 2 rings (SSSR count). The van der Waals surface area contributed by atoms with Gasteiger partial charge in [0.05, 0.1) is 6.61 Å². The maximum Gasteiger partial charge on any atom is 0.258 e. The second kappa shape index (κ2) is 5.34. The number of aliphatic hydroxyl groups excluding tert-OH is 1. The fourth-order valence-electron chi connectivity index (χ4n) is 2.00. The molecule has 0 radical (unpaired) electrons. The fraction of sp³-hybridized carbons (Fsp3) is 0.583. The molecule has 1 unspecified atom stereocenters. The minimum Gasteiger partial charge on any atom is -0.392 e. The lowest BCUT2D eigenvalue weighted by Crippen LogP contribution is -2.40. The molecule has 1 aliphatic rings. The van der Waals surface area contributed by atoms with Crippen molar-refractivity contribution in [1.29, 1.82) is 0 Å². The molecule has 1 aromatic heterocycles. The summed E-state index contributed by atoms with van der Waals surface area (Å²) < 4.78 is 26.8. The SMILES string of the molecule is CC(NS(=O)(=O)c1ccc(CO)cn1)C1CCC1. The number of aromatic nitrogens is 1. The van der Waals surface area contributed by atoms with E-state index in [1.165, 1.54) is 18.7 Å². The smallest absolute Gasteiger partial charge is 0.258 e. The van der Waals surface area contributed by atoms with Crippen molar-refractivity contribution < 1.29 is 13.5 Å². The van der Waals surface area contributed by atoms with E-state index in [1.807, 2.05) is 6.92 Å². The molecule has 1 saturated carbocycles. The zero-order valence-corrected chi connectivity index (χ0v) is 11.2. The Bertz CT molecular complexity index is 495. The molecule has 6 heteroatoms. The number of nitrogens with zero attached hydrogens (tertiary/aromatic N) is 1. The van der Waals surface area contributed by atoms with Gasteiger partial charge < -0.3 is 5.11 Å². The van der Waals surface area contributed by atoms with Crippen molar-refractivity contribution in [3.63, 3.8) is 0 Å². The first kappa shape index (κ1) is 13.5. The van der Waals surface area contributed by atoms with Crippen molar-refractivity contribution in [2.75, 3.05) is 0 Å². The highest BCUT2D eigenvalue weighted by Crippen LogP contribution is 2.29.